The number of nitrogens with one attached hydrogen (secondary N) is 1. The number of amides is 1. The molecule has 1 aromatic heterocycles. The van der Waals surface area contributed by atoms with Crippen LogP contribution >= 0.6 is 12.4 Å². The van der Waals surface area contributed by atoms with E-state index in [1.165, 1.54) is 19.3 Å². The molecule has 132 valence electrons. The molecule has 2 fully saturated rings. The van der Waals surface area contributed by atoms with Crippen LogP contribution in [0, 0.1) is 0 Å². The van der Waals surface area contributed by atoms with Crippen LogP contribution in [0.5, 0.6) is 0 Å². The zero-order valence-corrected chi connectivity index (χ0v) is 15.1. The van der Waals surface area contributed by atoms with Gasteiger partial charge in [-0.1, -0.05) is 24.6 Å². The van der Waals surface area contributed by atoms with Crippen molar-refractivity contribution in [2.24, 2.45) is 7.05 Å². The van der Waals surface area contributed by atoms with Gasteiger partial charge in [0.15, 0.2) is 5.69 Å². The average molecular weight is 351 g/mol. The highest BCUT2D eigenvalue weighted by Crippen LogP contribution is 2.32. The molecule has 0 unspecified atom stereocenters. The fourth-order valence-electron chi connectivity index (χ4n) is 4.37. The zero-order chi connectivity index (χ0) is 16.0. The van der Waals surface area contributed by atoms with Gasteiger partial charge in [0.1, 0.15) is 0 Å². The van der Waals surface area contributed by atoms with E-state index in [2.05, 4.69) is 22.4 Å². The second-order valence-corrected chi connectivity index (χ2v) is 7.04. The van der Waals surface area contributed by atoms with Gasteiger partial charge in [-0.2, -0.15) is 5.10 Å². The summed E-state index contributed by atoms with van der Waals surface area (Å²) in [7, 11) is 4.12. The fourth-order valence-corrected chi connectivity index (χ4v) is 4.37. The molecular weight excluding hydrogens is 324 g/mol. The van der Waals surface area contributed by atoms with Crippen LogP contribution in [0.15, 0.2) is 24.3 Å². The lowest BCUT2D eigenvalue weighted by atomic mass is 9.82. The molecule has 2 atom stereocenters. The van der Waals surface area contributed by atoms with E-state index < -0.39 is 0 Å². The van der Waals surface area contributed by atoms with Crippen LogP contribution in [-0.4, -0.2) is 45.8 Å². The molecule has 2 aromatic rings. The summed E-state index contributed by atoms with van der Waals surface area (Å²) < 4.78 is 1.79. The number of hydrogen-bond donors (Lipinski definition) is 1. The third-order valence-electron chi connectivity index (χ3n) is 5.65. The van der Waals surface area contributed by atoms with Crippen LogP contribution in [-0.2, 0) is 7.05 Å². The quantitative estimate of drug-likeness (QED) is 0.905. The Kier molecular flexibility index (Phi) is 4.83. The summed E-state index contributed by atoms with van der Waals surface area (Å²) >= 11 is 0. The molecule has 2 bridgehead atoms. The lowest BCUT2D eigenvalue weighted by Gasteiger charge is -2.47. The van der Waals surface area contributed by atoms with Gasteiger partial charge in [0.05, 0.1) is 5.52 Å². The number of carbonyl (C=O) groups excluding carboxylic acids is 1. The maximum Gasteiger partial charge on any atom is 0.272 e. The summed E-state index contributed by atoms with van der Waals surface area (Å²) in [5.41, 5.74) is 1.55. The number of piperidine rings is 2. The number of fused-ring (bicyclic) bond motifs is 3. The summed E-state index contributed by atoms with van der Waals surface area (Å²) in [6.07, 6.45) is 5.95. The molecule has 0 spiro atoms. The highest BCUT2D eigenvalue weighted by Gasteiger charge is 2.36. The Bertz CT molecular complexity index is 736. The molecule has 2 saturated heterocycles. The number of para-hydroxylation sites is 1. The van der Waals surface area contributed by atoms with E-state index in [9.17, 15) is 4.79 Å². The number of benzene rings is 1. The van der Waals surface area contributed by atoms with E-state index in [0.717, 1.165) is 23.7 Å². The van der Waals surface area contributed by atoms with Crippen molar-refractivity contribution in [3.63, 3.8) is 0 Å². The molecule has 1 N–H and O–H groups in total. The molecule has 1 aromatic carbocycles. The van der Waals surface area contributed by atoms with E-state index in [-0.39, 0.29) is 25.8 Å². The summed E-state index contributed by atoms with van der Waals surface area (Å²) in [5.74, 6) is -0.0329. The van der Waals surface area contributed by atoms with Gasteiger partial charge in [-0.25, -0.2) is 0 Å². The zero-order valence-electron chi connectivity index (χ0n) is 14.2. The van der Waals surface area contributed by atoms with E-state index >= 15 is 0 Å². The number of carbonyl (C=O) groups is 1. The van der Waals surface area contributed by atoms with Gasteiger partial charge in [0, 0.05) is 32.0 Å². The van der Waals surface area contributed by atoms with Crippen molar-refractivity contribution in [1.82, 2.24) is 20.0 Å². The summed E-state index contributed by atoms with van der Waals surface area (Å²) in [6, 6.07) is 9.42. The first kappa shape index (κ1) is 17.2. The Morgan fingerprint density at radius 1 is 1.21 bits per heavy atom. The molecule has 6 heteroatoms. The number of aromatic nitrogens is 2. The Morgan fingerprint density at radius 2 is 1.88 bits per heavy atom. The van der Waals surface area contributed by atoms with E-state index in [1.807, 2.05) is 31.3 Å². The Morgan fingerprint density at radius 3 is 2.58 bits per heavy atom. The van der Waals surface area contributed by atoms with E-state index in [0.29, 0.717) is 17.8 Å². The molecule has 0 radical (unpaired) electrons. The Labute approximate surface area is 150 Å². The topological polar surface area (TPSA) is 50.2 Å². The van der Waals surface area contributed by atoms with Crippen LogP contribution in [0.2, 0.25) is 0 Å². The molecule has 4 rings (SSSR count). The van der Waals surface area contributed by atoms with Crippen LogP contribution in [0.1, 0.15) is 44.0 Å². The summed E-state index contributed by atoms with van der Waals surface area (Å²) in [4.78, 5) is 15.3. The Balaban J connectivity index is 0.00000113. The first-order valence-corrected chi connectivity index (χ1v) is 8.58. The maximum atomic E-state index is 12.7. The van der Waals surface area contributed by atoms with Crippen molar-refractivity contribution in [3.05, 3.63) is 30.0 Å². The lowest BCUT2D eigenvalue weighted by Crippen LogP contribution is -2.55. The third-order valence-corrected chi connectivity index (χ3v) is 5.65. The van der Waals surface area contributed by atoms with Crippen molar-refractivity contribution >= 4 is 29.2 Å². The highest BCUT2D eigenvalue weighted by molar-refractivity contribution is 6.04. The SMILES string of the molecule is CN1[C@H]2CCC[C@H]1CC(NC(=O)c1nn(C)c3ccccc13)C2.Cl.[HH]. The molecule has 2 aliphatic rings. The summed E-state index contributed by atoms with van der Waals surface area (Å²) in [6.45, 7) is 0. The monoisotopic (exact) mass is 350 g/mol. The van der Waals surface area contributed by atoms with Crippen molar-refractivity contribution in [1.29, 1.82) is 0 Å². The van der Waals surface area contributed by atoms with Gasteiger partial charge >= 0.3 is 0 Å². The van der Waals surface area contributed by atoms with Crippen LogP contribution in [0.4, 0.5) is 0 Å². The minimum Gasteiger partial charge on any atom is -0.348 e. The Hall–Kier alpha value is -1.59. The van der Waals surface area contributed by atoms with Gasteiger partial charge in [0.2, 0.25) is 0 Å². The minimum atomic E-state index is -0.0329. The second kappa shape index (κ2) is 6.73. The van der Waals surface area contributed by atoms with Gasteiger partial charge in [-0.05, 0) is 38.8 Å². The van der Waals surface area contributed by atoms with Crippen LogP contribution in [0.3, 0.4) is 0 Å². The molecule has 0 saturated carbocycles. The maximum absolute atomic E-state index is 12.7. The molecular formula is C18H27ClN4O. The highest BCUT2D eigenvalue weighted by atomic mass is 35.5. The first-order chi connectivity index (χ1) is 11.1. The molecule has 2 aliphatic heterocycles. The number of aryl methyl sites for hydroxylation is 1. The van der Waals surface area contributed by atoms with Crippen molar-refractivity contribution in [2.75, 3.05) is 7.05 Å². The first-order valence-electron chi connectivity index (χ1n) is 8.58. The van der Waals surface area contributed by atoms with E-state index in [1.54, 1.807) is 4.68 Å². The predicted octanol–water partition coefficient (Wildman–Crippen LogP) is 2.99. The number of hydrogen-bond acceptors (Lipinski definition) is 3. The average Bonchev–Trinajstić information content (AvgIpc) is 2.86. The number of rotatable bonds is 2. The van der Waals surface area contributed by atoms with Crippen molar-refractivity contribution < 1.29 is 6.22 Å². The standard InChI is InChI=1S/C18H24N4O.ClH.H2/c1-21-13-6-5-7-14(21)11-12(10-13)19-18(23)17-15-8-3-4-9-16(15)22(2)20-17;;/h3-4,8-9,12-14H,5-7,10-11H2,1-2H3,(H,19,23);2*1H/t13-,14-;;/m0../s1. The van der Waals surface area contributed by atoms with E-state index in [4.69, 9.17) is 0 Å². The fraction of sp³-hybridized carbons (Fsp3) is 0.556. The summed E-state index contributed by atoms with van der Waals surface area (Å²) in [5, 5.41) is 8.62. The van der Waals surface area contributed by atoms with Crippen molar-refractivity contribution in [3.8, 4) is 0 Å². The molecule has 3 heterocycles. The van der Waals surface area contributed by atoms with Crippen molar-refractivity contribution in [2.45, 2.75) is 50.2 Å². The second-order valence-electron chi connectivity index (χ2n) is 7.04. The number of halogens is 1. The molecule has 5 nitrogen and oxygen atoms in total. The normalized spacial score (nSPS) is 26.8. The largest absolute Gasteiger partial charge is 0.348 e. The smallest absolute Gasteiger partial charge is 0.272 e. The molecule has 1 amide bonds. The molecule has 24 heavy (non-hydrogen) atoms. The minimum absolute atomic E-state index is 0. The lowest BCUT2D eigenvalue weighted by molar-refractivity contribution is 0.0462. The van der Waals surface area contributed by atoms with Gasteiger partial charge < -0.3 is 10.2 Å². The van der Waals surface area contributed by atoms with Gasteiger partial charge in [0.25, 0.3) is 5.91 Å². The third kappa shape index (κ3) is 2.91. The van der Waals surface area contributed by atoms with Gasteiger partial charge in [-0.15, -0.1) is 12.4 Å². The van der Waals surface area contributed by atoms with Crippen LogP contribution in [0.25, 0.3) is 10.9 Å². The predicted molar refractivity (Wildman–Crippen MR) is 99.8 cm³/mol. The number of nitrogens with zero attached hydrogens (tertiary/aromatic N) is 3. The molecule has 0 aliphatic carbocycles. The van der Waals surface area contributed by atoms with Crippen LogP contribution < -0.4 is 5.32 Å². The van der Waals surface area contributed by atoms with Gasteiger partial charge in [-0.3, -0.25) is 9.48 Å².